The van der Waals surface area contributed by atoms with E-state index in [0.29, 0.717) is 11.3 Å². The number of hydrogen-bond acceptors (Lipinski definition) is 4. The normalized spacial score (nSPS) is 11.2. The molecule has 0 radical (unpaired) electrons. The number of aryl methyl sites for hydroxylation is 1. The van der Waals surface area contributed by atoms with Crippen LogP contribution in [-0.2, 0) is 6.61 Å². The molecule has 0 heterocycles. The Bertz CT molecular complexity index is 909. The summed E-state index contributed by atoms with van der Waals surface area (Å²) in [6.07, 6.45) is -1.29. The molecule has 6 nitrogen and oxygen atoms in total. The van der Waals surface area contributed by atoms with Gasteiger partial charge < -0.3 is 10.0 Å². The number of carbonyl (C=O) groups is 1. The Hall–Kier alpha value is -3.35. The molecule has 0 spiro atoms. The van der Waals surface area contributed by atoms with Crippen molar-refractivity contribution in [2.24, 2.45) is 0 Å². The number of nitriles is 1. The van der Waals surface area contributed by atoms with Crippen LogP contribution in [-0.4, -0.2) is 30.3 Å². The van der Waals surface area contributed by atoms with Gasteiger partial charge in [0.05, 0.1) is 12.3 Å². The van der Waals surface area contributed by atoms with Crippen LogP contribution in [0.2, 0.25) is 0 Å². The van der Waals surface area contributed by atoms with Gasteiger partial charge in [-0.05, 0) is 56.2 Å². The fourth-order valence-electron chi connectivity index (χ4n) is 3.19. The van der Waals surface area contributed by atoms with Gasteiger partial charge in [0, 0.05) is 24.3 Å². The first-order valence-corrected chi connectivity index (χ1v) is 9.16. The Morgan fingerprint density at radius 3 is 2.46 bits per heavy atom. The minimum atomic E-state index is -1.29. The van der Waals surface area contributed by atoms with E-state index in [4.69, 9.17) is 6.57 Å². The topological polar surface area (TPSA) is 71.9 Å². The number of aliphatic hydroxyl groups excluding tert-OH is 1. The summed E-state index contributed by atoms with van der Waals surface area (Å²) >= 11 is 0. The summed E-state index contributed by atoms with van der Waals surface area (Å²) in [7, 11) is 0. The highest BCUT2D eigenvalue weighted by atomic mass is 16.3. The van der Waals surface area contributed by atoms with Crippen LogP contribution in [0.25, 0.3) is 4.85 Å². The molecule has 2 aromatic rings. The van der Waals surface area contributed by atoms with Crippen molar-refractivity contribution in [1.82, 2.24) is 0 Å². The van der Waals surface area contributed by atoms with Crippen LogP contribution in [0, 0.1) is 24.8 Å². The van der Waals surface area contributed by atoms with E-state index >= 15 is 0 Å². The molecule has 0 fully saturated rings. The zero-order valence-electron chi connectivity index (χ0n) is 16.4. The van der Waals surface area contributed by atoms with Gasteiger partial charge in [-0.3, -0.25) is 9.64 Å². The molecular formula is C22H24N4O2. The lowest BCUT2D eigenvalue weighted by Crippen LogP contribution is -2.39. The number of anilines is 2. The molecule has 2 rings (SSSR count). The maximum Gasteiger partial charge on any atom is 0.392 e. The van der Waals surface area contributed by atoms with Crippen molar-refractivity contribution in [3.63, 3.8) is 0 Å². The molecule has 0 saturated heterocycles. The predicted molar refractivity (Wildman–Crippen MR) is 110 cm³/mol. The molecule has 0 aliphatic rings. The van der Waals surface area contributed by atoms with E-state index in [2.05, 4.69) is 23.6 Å². The van der Waals surface area contributed by atoms with Crippen molar-refractivity contribution in [3.05, 3.63) is 70.6 Å². The molecule has 6 heteroatoms. The highest BCUT2D eigenvalue weighted by Gasteiger charge is 2.32. The maximum absolute atomic E-state index is 13.3. The van der Waals surface area contributed by atoms with Gasteiger partial charge in [-0.1, -0.05) is 18.2 Å². The monoisotopic (exact) mass is 376 g/mol. The smallest absolute Gasteiger partial charge is 0.392 e. The molecule has 0 aromatic heterocycles. The molecule has 28 heavy (non-hydrogen) atoms. The summed E-state index contributed by atoms with van der Waals surface area (Å²) in [5, 5.41) is 19.1. The van der Waals surface area contributed by atoms with E-state index in [0.717, 1.165) is 24.3 Å². The Morgan fingerprint density at radius 1 is 1.25 bits per heavy atom. The average molecular weight is 376 g/mol. The number of hydrogen-bond donors (Lipinski definition) is 1. The first-order chi connectivity index (χ1) is 13.5. The van der Waals surface area contributed by atoms with E-state index in [-0.39, 0.29) is 12.2 Å². The summed E-state index contributed by atoms with van der Waals surface area (Å²) in [5.41, 5.74) is 3.06. The van der Waals surface area contributed by atoms with Gasteiger partial charge >= 0.3 is 6.17 Å². The maximum atomic E-state index is 13.3. The Balaban J connectivity index is 2.58. The van der Waals surface area contributed by atoms with Crippen molar-refractivity contribution in [1.29, 1.82) is 5.26 Å². The fraction of sp³-hybridized carbons (Fsp3) is 0.318. The van der Waals surface area contributed by atoms with Crippen LogP contribution < -0.4 is 9.80 Å². The molecular weight excluding hydrogens is 352 g/mol. The second kappa shape index (κ2) is 9.55. The second-order valence-electron chi connectivity index (χ2n) is 6.27. The Morgan fingerprint density at radius 2 is 1.93 bits per heavy atom. The number of benzene rings is 2. The van der Waals surface area contributed by atoms with Gasteiger partial charge in [0.15, 0.2) is 6.07 Å². The van der Waals surface area contributed by atoms with E-state index in [9.17, 15) is 15.2 Å². The van der Waals surface area contributed by atoms with Crippen LogP contribution in [0.4, 0.5) is 11.4 Å². The summed E-state index contributed by atoms with van der Waals surface area (Å²) in [5.74, 6) is -0.481. The molecule has 0 bridgehead atoms. The molecule has 1 amide bonds. The molecule has 2 aromatic carbocycles. The van der Waals surface area contributed by atoms with Gasteiger partial charge in [0.1, 0.15) is 0 Å². The predicted octanol–water partition coefficient (Wildman–Crippen LogP) is 3.75. The van der Waals surface area contributed by atoms with Crippen LogP contribution >= 0.6 is 0 Å². The number of rotatable bonds is 7. The standard InChI is InChI=1S/C22H24N4O2/c1-5-25(6-2)18-11-12-20(16(3)13-18)26(21(14-23)24-4)22(28)19-10-8-7-9-17(19)15-27/h7-13,21,27H,5-6,15H2,1-3H3. The highest BCUT2D eigenvalue weighted by Crippen LogP contribution is 2.29. The lowest BCUT2D eigenvalue weighted by atomic mass is 10.0. The van der Waals surface area contributed by atoms with Crippen LogP contribution in [0.15, 0.2) is 42.5 Å². The quantitative estimate of drug-likeness (QED) is 0.747. The van der Waals surface area contributed by atoms with Crippen LogP contribution in [0.3, 0.4) is 0 Å². The minimum absolute atomic E-state index is 0.279. The Kier molecular flexibility index (Phi) is 7.14. The number of carbonyl (C=O) groups excluding carboxylic acids is 1. The summed E-state index contributed by atoms with van der Waals surface area (Å²) in [6.45, 7) is 14.8. The van der Waals surface area contributed by atoms with Gasteiger partial charge in [0.2, 0.25) is 0 Å². The zero-order chi connectivity index (χ0) is 20.7. The van der Waals surface area contributed by atoms with E-state index in [1.165, 1.54) is 4.90 Å². The van der Waals surface area contributed by atoms with E-state index in [1.807, 2.05) is 25.1 Å². The van der Waals surface area contributed by atoms with Gasteiger partial charge in [-0.15, -0.1) is 0 Å². The van der Waals surface area contributed by atoms with Gasteiger partial charge in [0.25, 0.3) is 5.91 Å². The number of nitrogens with zero attached hydrogens (tertiary/aromatic N) is 4. The lowest BCUT2D eigenvalue weighted by Gasteiger charge is -2.26. The van der Waals surface area contributed by atoms with Crippen molar-refractivity contribution in [3.8, 4) is 6.07 Å². The van der Waals surface area contributed by atoms with Crippen molar-refractivity contribution in [2.75, 3.05) is 22.9 Å². The molecule has 0 aliphatic heterocycles. The van der Waals surface area contributed by atoms with Crippen molar-refractivity contribution < 1.29 is 9.90 Å². The van der Waals surface area contributed by atoms with Crippen LogP contribution in [0.1, 0.15) is 35.3 Å². The summed E-state index contributed by atoms with van der Waals surface area (Å²) < 4.78 is 0. The molecule has 1 N–H and O–H groups in total. The Labute approximate surface area is 166 Å². The highest BCUT2D eigenvalue weighted by molar-refractivity contribution is 6.08. The molecule has 0 aliphatic carbocycles. The van der Waals surface area contributed by atoms with Crippen LogP contribution in [0.5, 0.6) is 0 Å². The average Bonchev–Trinajstić information content (AvgIpc) is 2.73. The first kappa shape index (κ1) is 21.0. The fourth-order valence-corrected chi connectivity index (χ4v) is 3.19. The second-order valence-corrected chi connectivity index (χ2v) is 6.27. The van der Waals surface area contributed by atoms with Crippen molar-refractivity contribution >= 4 is 17.3 Å². The summed E-state index contributed by atoms with van der Waals surface area (Å²) in [6, 6.07) is 14.2. The lowest BCUT2D eigenvalue weighted by molar-refractivity contribution is 0.0982. The number of amides is 1. The number of aliphatic hydroxyl groups is 1. The van der Waals surface area contributed by atoms with Gasteiger partial charge in [-0.25, -0.2) is 11.5 Å². The third-order valence-electron chi connectivity index (χ3n) is 4.69. The first-order valence-electron chi connectivity index (χ1n) is 9.16. The van der Waals surface area contributed by atoms with E-state index in [1.54, 1.807) is 30.3 Å². The third-order valence-corrected chi connectivity index (χ3v) is 4.69. The third kappa shape index (κ3) is 4.14. The summed E-state index contributed by atoms with van der Waals surface area (Å²) in [4.78, 5) is 20.0. The zero-order valence-corrected chi connectivity index (χ0v) is 16.4. The van der Waals surface area contributed by atoms with Crippen molar-refractivity contribution in [2.45, 2.75) is 33.5 Å². The molecule has 0 saturated carbocycles. The molecule has 1 unspecified atom stereocenters. The molecule has 144 valence electrons. The largest absolute Gasteiger partial charge is 0.392 e. The van der Waals surface area contributed by atoms with Gasteiger partial charge in [-0.2, -0.15) is 5.26 Å². The van der Waals surface area contributed by atoms with E-state index < -0.39 is 12.1 Å². The molecule has 1 atom stereocenters. The SMILES string of the molecule is [C-]#[N+]C(C#N)N(C(=O)c1ccccc1CO)c1ccc(N(CC)CC)cc1C. The minimum Gasteiger partial charge on any atom is -0.392 e.